The summed E-state index contributed by atoms with van der Waals surface area (Å²) in [5.41, 5.74) is 0.528. The van der Waals surface area contributed by atoms with E-state index in [1.807, 2.05) is 24.3 Å². The zero-order valence-corrected chi connectivity index (χ0v) is 12.9. The third kappa shape index (κ3) is 3.90. The lowest BCUT2D eigenvalue weighted by atomic mass is 9.90. The van der Waals surface area contributed by atoms with Crippen molar-refractivity contribution in [2.24, 2.45) is 5.92 Å². The Morgan fingerprint density at radius 1 is 1.40 bits per heavy atom. The van der Waals surface area contributed by atoms with Gasteiger partial charge in [0.2, 0.25) is 0 Å². The maximum absolute atomic E-state index is 9.67. The molecule has 0 aromatic heterocycles. The van der Waals surface area contributed by atoms with E-state index in [9.17, 15) is 5.26 Å². The van der Waals surface area contributed by atoms with Crippen LogP contribution >= 0.6 is 11.6 Å². The highest BCUT2D eigenvalue weighted by atomic mass is 35.5. The van der Waals surface area contributed by atoms with Crippen molar-refractivity contribution in [2.75, 3.05) is 5.32 Å². The smallest absolute Gasteiger partial charge is 0.125 e. The van der Waals surface area contributed by atoms with Crippen LogP contribution < -0.4 is 5.32 Å². The van der Waals surface area contributed by atoms with Crippen LogP contribution in [0.15, 0.2) is 24.3 Å². The molecule has 2 rings (SSSR count). The van der Waals surface area contributed by atoms with E-state index in [0.29, 0.717) is 5.02 Å². The van der Waals surface area contributed by atoms with E-state index in [1.54, 1.807) is 0 Å². The molecule has 1 aromatic rings. The molecule has 108 valence electrons. The van der Waals surface area contributed by atoms with Crippen LogP contribution in [0.4, 0.5) is 5.69 Å². The van der Waals surface area contributed by atoms with Crippen molar-refractivity contribution in [3.63, 3.8) is 0 Å². The van der Waals surface area contributed by atoms with Gasteiger partial charge in [0.15, 0.2) is 0 Å². The average molecular weight is 291 g/mol. The van der Waals surface area contributed by atoms with Crippen molar-refractivity contribution in [1.82, 2.24) is 0 Å². The molecule has 2 nitrogen and oxygen atoms in total. The monoisotopic (exact) mass is 290 g/mol. The van der Waals surface area contributed by atoms with Crippen LogP contribution in [0.2, 0.25) is 5.02 Å². The zero-order chi connectivity index (χ0) is 14.4. The van der Waals surface area contributed by atoms with Gasteiger partial charge in [-0.15, -0.1) is 0 Å². The van der Waals surface area contributed by atoms with Crippen LogP contribution in [-0.4, -0.2) is 5.54 Å². The number of nitrogens with one attached hydrogen (secondary N) is 1. The molecule has 1 aliphatic rings. The van der Waals surface area contributed by atoms with E-state index in [4.69, 9.17) is 11.6 Å². The topological polar surface area (TPSA) is 35.8 Å². The summed E-state index contributed by atoms with van der Waals surface area (Å²) in [5, 5.41) is 13.8. The first-order valence-electron chi connectivity index (χ1n) is 7.62. The van der Waals surface area contributed by atoms with E-state index >= 15 is 0 Å². The molecule has 1 aliphatic carbocycles. The Morgan fingerprint density at radius 3 is 2.95 bits per heavy atom. The largest absolute Gasteiger partial charge is 0.367 e. The van der Waals surface area contributed by atoms with Gasteiger partial charge < -0.3 is 5.32 Å². The molecule has 1 aromatic carbocycles. The van der Waals surface area contributed by atoms with Crippen molar-refractivity contribution in [3.8, 4) is 6.07 Å². The predicted octanol–water partition coefficient (Wildman–Crippen LogP) is 5.39. The lowest BCUT2D eigenvalue weighted by Gasteiger charge is -2.28. The molecular formula is C17H23ClN2. The number of hydrogen-bond donors (Lipinski definition) is 1. The van der Waals surface area contributed by atoms with Crippen LogP contribution in [0.25, 0.3) is 0 Å². The molecule has 0 spiro atoms. The second kappa shape index (κ2) is 6.99. The lowest BCUT2D eigenvalue weighted by Crippen LogP contribution is -2.36. The van der Waals surface area contributed by atoms with Gasteiger partial charge in [-0.25, -0.2) is 0 Å². The third-order valence-corrected chi connectivity index (χ3v) is 4.55. The predicted molar refractivity (Wildman–Crippen MR) is 84.9 cm³/mol. The van der Waals surface area contributed by atoms with Gasteiger partial charge in [-0.05, 0) is 49.8 Å². The van der Waals surface area contributed by atoms with Crippen molar-refractivity contribution < 1.29 is 0 Å². The van der Waals surface area contributed by atoms with Gasteiger partial charge in [0, 0.05) is 10.7 Å². The third-order valence-electron chi connectivity index (χ3n) is 4.31. The highest BCUT2D eigenvalue weighted by Gasteiger charge is 2.33. The maximum atomic E-state index is 9.67. The Hall–Kier alpha value is -1.20. The van der Waals surface area contributed by atoms with Gasteiger partial charge in [0.25, 0.3) is 0 Å². The summed E-state index contributed by atoms with van der Waals surface area (Å²) >= 11 is 6.02. The Labute approximate surface area is 127 Å². The molecule has 3 heteroatoms. The van der Waals surface area contributed by atoms with E-state index < -0.39 is 5.54 Å². The minimum absolute atomic E-state index is 0.423. The number of hydrogen-bond acceptors (Lipinski definition) is 2. The summed E-state index contributed by atoms with van der Waals surface area (Å²) in [5.74, 6) is 0.788. The van der Waals surface area contributed by atoms with E-state index in [1.165, 1.54) is 19.3 Å². The van der Waals surface area contributed by atoms with E-state index in [2.05, 4.69) is 18.3 Å². The number of rotatable bonds is 4. The molecule has 1 N–H and O–H groups in total. The summed E-state index contributed by atoms with van der Waals surface area (Å²) in [6.45, 7) is 2.24. The van der Waals surface area contributed by atoms with E-state index in [0.717, 1.165) is 37.3 Å². The second-order valence-electron chi connectivity index (χ2n) is 5.91. The first kappa shape index (κ1) is 15.2. The van der Waals surface area contributed by atoms with Gasteiger partial charge in [0.1, 0.15) is 5.54 Å². The minimum Gasteiger partial charge on any atom is -0.367 e. The fourth-order valence-electron chi connectivity index (χ4n) is 3.22. The van der Waals surface area contributed by atoms with Crippen LogP contribution in [-0.2, 0) is 0 Å². The van der Waals surface area contributed by atoms with Crippen molar-refractivity contribution in [2.45, 2.75) is 57.4 Å². The number of anilines is 1. The molecule has 20 heavy (non-hydrogen) atoms. The van der Waals surface area contributed by atoms with Crippen molar-refractivity contribution in [1.29, 1.82) is 5.26 Å². The van der Waals surface area contributed by atoms with Crippen LogP contribution in [0.1, 0.15) is 51.9 Å². The molecular weight excluding hydrogens is 268 g/mol. The molecule has 2 atom stereocenters. The highest BCUT2D eigenvalue weighted by Crippen LogP contribution is 2.35. The number of nitriles is 1. The SMILES string of the molecule is CCCC1CCCC(C#N)(Nc2cccc(Cl)c2)CC1. The Kier molecular flexibility index (Phi) is 5.31. The van der Waals surface area contributed by atoms with Crippen LogP contribution in [0, 0.1) is 17.2 Å². The first-order valence-corrected chi connectivity index (χ1v) is 8.00. The lowest BCUT2D eigenvalue weighted by molar-refractivity contribution is 0.416. The van der Waals surface area contributed by atoms with Crippen molar-refractivity contribution in [3.05, 3.63) is 29.3 Å². The molecule has 0 aliphatic heterocycles. The maximum Gasteiger partial charge on any atom is 0.125 e. The molecule has 0 radical (unpaired) electrons. The Balaban J connectivity index is 2.08. The molecule has 0 bridgehead atoms. The van der Waals surface area contributed by atoms with Crippen LogP contribution in [0.5, 0.6) is 0 Å². The Morgan fingerprint density at radius 2 is 2.25 bits per heavy atom. The summed E-state index contributed by atoms with van der Waals surface area (Å²) in [6, 6.07) is 10.2. The molecule has 0 saturated heterocycles. The van der Waals surface area contributed by atoms with E-state index in [-0.39, 0.29) is 0 Å². The highest BCUT2D eigenvalue weighted by molar-refractivity contribution is 6.30. The zero-order valence-electron chi connectivity index (χ0n) is 12.2. The van der Waals surface area contributed by atoms with Gasteiger partial charge in [-0.2, -0.15) is 5.26 Å². The summed E-state index contributed by atoms with van der Waals surface area (Å²) in [6.07, 6.45) is 7.93. The van der Waals surface area contributed by atoms with Gasteiger partial charge in [-0.3, -0.25) is 0 Å². The van der Waals surface area contributed by atoms with Crippen LogP contribution in [0.3, 0.4) is 0 Å². The normalized spacial score (nSPS) is 26.6. The number of nitrogens with zero attached hydrogens (tertiary/aromatic N) is 1. The molecule has 1 fully saturated rings. The van der Waals surface area contributed by atoms with Gasteiger partial charge in [0.05, 0.1) is 6.07 Å². The van der Waals surface area contributed by atoms with Gasteiger partial charge >= 0.3 is 0 Å². The average Bonchev–Trinajstić information content (AvgIpc) is 2.63. The molecule has 0 heterocycles. The molecule has 1 saturated carbocycles. The van der Waals surface area contributed by atoms with Crippen molar-refractivity contribution >= 4 is 17.3 Å². The standard InChI is InChI=1S/C17H23ClN2/c1-2-5-14-6-4-10-17(13-19,11-9-14)20-16-8-3-7-15(18)12-16/h3,7-8,12,14,20H,2,4-6,9-11H2,1H3. The number of halogens is 1. The fraction of sp³-hybridized carbons (Fsp3) is 0.588. The summed E-state index contributed by atoms with van der Waals surface area (Å²) in [4.78, 5) is 0. The Bertz CT molecular complexity index is 480. The fourth-order valence-corrected chi connectivity index (χ4v) is 3.41. The first-order chi connectivity index (χ1) is 9.67. The quantitative estimate of drug-likeness (QED) is 0.754. The number of benzene rings is 1. The molecule has 2 unspecified atom stereocenters. The summed E-state index contributed by atoms with van der Waals surface area (Å²) in [7, 11) is 0. The molecule has 0 amide bonds. The minimum atomic E-state index is -0.423. The second-order valence-corrected chi connectivity index (χ2v) is 6.35. The van der Waals surface area contributed by atoms with Gasteiger partial charge in [-0.1, -0.05) is 43.9 Å². The summed E-state index contributed by atoms with van der Waals surface area (Å²) < 4.78 is 0.